The molecule has 0 unspecified atom stereocenters. The fourth-order valence-corrected chi connectivity index (χ4v) is 1.79. The van der Waals surface area contributed by atoms with Gasteiger partial charge in [-0.2, -0.15) is 0 Å². The normalized spacial score (nSPS) is 11.1. The Kier molecular flexibility index (Phi) is 4.53. The van der Waals surface area contributed by atoms with Crippen molar-refractivity contribution in [1.29, 1.82) is 0 Å². The number of rotatable bonds is 6. The first kappa shape index (κ1) is 12.8. The monoisotopic (exact) mass is 244 g/mol. The van der Waals surface area contributed by atoms with Gasteiger partial charge in [-0.05, 0) is 31.2 Å². The van der Waals surface area contributed by atoms with Crippen molar-refractivity contribution in [3.05, 3.63) is 36.5 Å². The standard InChI is InChI=1S/C15H20N2O/c1-12(2)16-9-4-10-18-14-7-6-13-5-3-8-17-15(13)11-14/h3,5-8,11-12,16H,4,9-10H2,1-2H3. The zero-order valence-electron chi connectivity index (χ0n) is 11.0. The summed E-state index contributed by atoms with van der Waals surface area (Å²) in [6.45, 7) is 6.02. The molecule has 0 amide bonds. The molecule has 0 aliphatic carbocycles. The van der Waals surface area contributed by atoms with E-state index in [1.165, 1.54) is 0 Å². The number of hydrogen-bond donors (Lipinski definition) is 1. The molecule has 0 fully saturated rings. The molecule has 1 aromatic heterocycles. The third-order valence-corrected chi connectivity index (χ3v) is 2.72. The van der Waals surface area contributed by atoms with Crippen LogP contribution < -0.4 is 10.1 Å². The zero-order valence-corrected chi connectivity index (χ0v) is 11.0. The van der Waals surface area contributed by atoms with E-state index < -0.39 is 0 Å². The van der Waals surface area contributed by atoms with E-state index in [0.29, 0.717) is 6.04 Å². The van der Waals surface area contributed by atoms with Crippen LogP contribution in [0.3, 0.4) is 0 Å². The lowest BCUT2D eigenvalue weighted by atomic mass is 10.2. The predicted molar refractivity (Wildman–Crippen MR) is 75.0 cm³/mol. The number of aromatic nitrogens is 1. The summed E-state index contributed by atoms with van der Waals surface area (Å²) in [5, 5.41) is 4.51. The van der Waals surface area contributed by atoms with Crippen LogP contribution in [0.15, 0.2) is 36.5 Å². The van der Waals surface area contributed by atoms with E-state index in [1.54, 1.807) is 6.20 Å². The molecule has 1 N–H and O–H groups in total. The van der Waals surface area contributed by atoms with Crippen molar-refractivity contribution in [2.45, 2.75) is 26.3 Å². The van der Waals surface area contributed by atoms with Gasteiger partial charge in [-0.3, -0.25) is 4.98 Å². The van der Waals surface area contributed by atoms with Gasteiger partial charge in [-0.25, -0.2) is 0 Å². The molecule has 3 heteroatoms. The quantitative estimate of drug-likeness (QED) is 0.793. The van der Waals surface area contributed by atoms with E-state index in [-0.39, 0.29) is 0 Å². The van der Waals surface area contributed by atoms with E-state index in [1.807, 2.05) is 24.3 Å². The van der Waals surface area contributed by atoms with Gasteiger partial charge >= 0.3 is 0 Å². The van der Waals surface area contributed by atoms with Crippen LogP contribution in [0.25, 0.3) is 10.9 Å². The highest BCUT2D eigenvalue weighted by Crippen LogP contribution is 2.18. The first-order chi connectivity index (χ1) is 8.75. The second-order valence-electron chi connectivity index (χ2n) is 4.67. The van der Waals surface area contributed by atoms with Crippen LogP contribution in [0.1, 0.15) is 20.3 Å². The van der Waals surface area contributed by atoms with Crippen LogP contribution in [0.2, 0.25) is 0 Å². The topological polar surface area (TPSA) is 34.1 Å². The lowest BCUT2D eigenvalue weighted by molar-refractivity contribution is 0.306. The fraction of sp³-hybridized carbons (Fsp3) is 0.400. The third-order valence-electron chi connectivity index (χ3n) is 2.72. The summed E-state index contributed by atoms with van der Waals surface area (Å²) in [5.74, 6) is 0.894. The minimum absolute atomic E-state index is 0.537. The van der Waals surface area contributed by atoms with Gasteiger partial charge in [-0.1, -0.05) is 19.9 Å². The molecule has 1 heterocycles. The van der Waals surface area contributed by atoms with Gasteiger partial charge in [0, 0.05) is 23.7 Å². The van der Waals surface area contributed by atoms with Gasteiger partial charge in [0.2, 0.25) is 0 Å². The Morgan fingerprint density at radius 1 is 1.28 bits per heavy atom. The summed E-state index contributed by atoms with van der Waals surface area (Å²) in [6, 6.07) is 10.6. The highest BCUT2D eigenvalue weighted by molar-refractivity contribution is 5.79. The lowest BCUT2D eigenvalue weighted by Crippen LogP contribution is -2.24. The predicted octanol–water partition coefficient (Wildman–Crippen LogP) is 3.00. The molecule has 0 bridgehead atoms. The van der Waals surface area contributed by atoms with Gasteiger partial charge < -0.3 is 10.1 Å². The van der Waals surface area contributed by atoms with Gasteiger partial charge in [0.25, 0.3) is 0 Å². The maximum Gasteiger partial charge on any atom is 0.121 e. The van der Waals surface area contributed by atoms with Crippen molar-refractivity contribution in [3.63, 3.8) is 0 Å². The van der Waals surface area contributed by atoms with E-state index in [9.17, 15) is 0 Å². The first-order valence-electron chi connectivity index (χ1n) is 6.46. The maximum absolute atomic E-state index is 5.72. The van der Waals surface area contributed by atoms with E-state index in [4.69, 9.17) is 4.74 Å². The number of hydrogen-bond acceptors (Lipinski definition) is 3. The average molecular weight is 244 g/mol. The molecule has 96 valence electrons. The lowest BCUT2D eigenvalue weighted by Gasteiger charge is -2.09. The summed E-state index contributed by atoms with van der Waals surface area (Å²) >= 11 is 0. The molecule has 0 radical (unpaired) electrons. The summed E-state index contributed by atoms with van der Waals surface area (Å²) in [5.41, 5.74) is 0.982. The average Bonchev–Trinajstić information content (AvgIpc) is 2.38. The van der Waals surface area contributed by atoms with E-state index in [0.717, 1.165) is 36.2 Å². The van der Waals surface area contributed by atoms with E-state index >= 15 is 0 Å². The molecule has 3 nitrogen and oxygen atoms in total. The molecule has 0 saturated carbocycles. The van der Waals surface area contributed by atoms with Crippen molar-refractivity contribution in [2.75, 3.05) is 13.2 Å². The number of fused-ring (bicyclic) bond motifs is 1. The van der Waals surface area contributed by atoms with Crippen molar-refractivity contribution in [1.82, 2.24) is 10.3 Å². The Morgan fingerprint density at radius 3 is 3.00 bits per heavy atom. The first-order valence-corrected chi connectivity index (χ1v) is 6.46. The Morgan fingerprint density at radius 2 is 2.17 bits per heavy atom. The fourth-order valence-electron chi connectivity index (χ4n) is 1.79. The highest BCUT2D eigenvalue weighted by Gasteiger charge is 1.98. The Labute approximate surface area is 108 Å². The molecule has 0 atom stereocenters. The van der Waals surface area contributed by atoms with Crippen LogP contribution in [0, 0.1) is 0 Å². The zero-order chi connectivity index (χ0) is 12.8. The summed E-state index contributed by atoms with van der Waals surface area (Å²) in [7, 11) is 0. The number of nitrogens with one attached hydrogen (secondary N) is 1. The molecule has 18 heavy (non-hydrogen) atoms. The number of pyridine rings is 1. The van der Waals surface area contributed by atoms with Gasteiger partial charge in [-0.15, -0.1) is 0 Å². The molecule has 0 aliphatic rings. The SMILES string of the molecule is CC(C)NCCCOc1ccc2cccnc2c1. The molecular weight excluding hydrogens is 224 g/mol. The second-order valence-corrected chi connectivity index (χ2v) is 4.67. The number of nitrogens with zero attached hydrogens (tertiary/aromatic N) is 1. The number of benzene rings is 1. The van der Waals surface area contributed by atoms with Crippen LogP contribution >= 0.6 is 0 Å². The summed E-state index contributed by atoms with van der Waals surface area (Å²) < 4.78 is 5.72. The van der Waals surface area contributed by atoms with Crippen LogP contribution in [-0.2, 0) is 0 Å². The van der Waals surface area contributed by atoms with Gasteiger partial charge in [0.1, 0.15) is 5.75 Å². The Bertz CT molecular complexity index is 497. The molecule has 0 spiro atoms. The minimum Gasteiger partial charge on any atom is -0.493 e. The largest absolute Gasteiger partial charge is 0.493 e. The van der Waals surface area contributed by atoms with Crippen molar-refractivity contribution >= 4 is 10.9 Å². The van der Waals surface area contributed by atoms with E-state index in [2.05, 4.69) is 30.2 Å². The second kappa shape index (κ2) is 6.36. The van der Waals surface area contributed by atoms with Gasteiger partial charge in [0.15, 0.2) is 0 Å². The van der Waals surface area contributed by atoms with Crippen molar-refractivity contribution in [2.24, 2.45) is 0 Å². The van der Waals surface area contributed by atoms with Crippen LogP contribution in [-0.4, -0.2) is 24.2 Å². The smallest absolute Gasteiger partial charge is 0.121 e. The summed E-state index contributed by atoms with van der Waals surface area (Å²) in [6.07, 6.45) is 2.82. The van der Waals surface area contributed by atoms with Gasteiger partial charge in [0.05, 0.1) is 12.1 Å². The highest BCUT2D eigenvalue weighted by atomic mass is 16.5. The number of ether oxygens (including phenoxy) is 1. The Balaban J connectivity index is 1.84. The maximum atomic E-state index is 5.72. The summed E-state index contributed by atoms with van der Waals surface area (Å²) in [4.78, 5) is 4.32. The van der Waals surface area contributed by atoms with Crippen LogP contribution in [0.5, 0.6) is 5.75 Å². The third kappa shape index (κ3) is 3.70. The van der Waals surface area contributed by atoms with Crippen molar-refractivity contribution in [3.8, 4) is 5.75 Å². The molecule has 0 aliphatic heterocycles. The van der Waals surface area contributed by atoms with Crippen LogP contribution in [0.4, 0.5) is 0 Å². The molecular formula is C15H20N2O. The molecule has 0 saturated heterocycles. The van der Waals surface area contributed by atoms with Crippen molar-refractivity contribution < 1.29 is 4.74 Å². The minimum atomic E-state index is 0.537. The molecule has 2 rings (SSSR count). The molecule has 1 aromatic carbocycles. The molecule has 2 aromatic rings. The Hall–Kier alpha value is -1.61.